The van der Waals surface area contributed by atoms with Gasteiger partial charge < -0.3 is 10.1 Å². The molecular weight excluding hydrogens is 698 g/mol. The number of nitrogens with one attached hydrogen (secondary N) is 1. The molecule has 2 aliphatic rings. The standard InChI is InChI=1S/C34H34ClF4N7O5/c1-6-41-31(42-19(2)16-40)46-26(17-44(18-27(46)47)32(50)51-33(3,4)5)30(49)45(23-12-20(36)11-21(37)13-23)28(24-9-7-8-10-25(24)35)29(48)43-22-14-34(38,39)15-22/h6-13,22,26,28H,1,14-15,17-18H2,2-5H3,(H,43,48)/b41-31+,42-19+/t26-,28-/m0/s1. The summed E-state index contributed by atoms with van der Waals surface area (Å²) < 4.78 is 62.8. The van der Waals surface area contributed by atoms with Gasteiger partial charge in [0.1, 0.15) is 47.6 Å². The second kappa shape index (κ2) is 15.3. The molecule has 1 aliphatic heterocycles. The highest BCUT2D eigenvalue weighted by Crippen LogP contribution is 2.39. The third-order valence-corrected chi connectivity index (χ3v) is 7.94. The SMILES string of the molecule is C=C/N=C(\N=C(/C)C#N)N1C(=O)CN(C(=O)OC(C)(C)C)C[C@H]1C(=O)N(c1cc(F)cc(F)c1)[C@H](C(=O)NC1CC(F)(F)C1)c1ccccc1Cl. The van der Waals surface area contributed by atoms with Crippen molar-refractivity contribution in [1.29, 1.82) is 5.26 Å². The number of alkyl halides is 2. The quantitative estimate of drug-likeness (QED) is 0.225. The Hall–Kier alpha value is -5.30. The van der Waals surface area contributed by atoms with Crippen LogP contribution < -0.4 is 10.2 Å². The smallest absolute Gasteiger partial charge is 0.410 e. The number of nitriles is 1. The molecule has 1 saturated carbocycles. The Kier molecular flexibility index (Phi) is 11.5. The fourth-order valence-corrected chi connectivity index (χ4v) is 5.69. The van der Waals surface area contributed by atoms with Crippen LogP contribution in [0, 0.1) is 23.0 Å². The highest BCUT2D eigenvalue weighted by Gasteiger charge is 2.49. The zero-order chi connectivity index (χ0) is 37.8. The maximum absolute atomic E-state index is 15.1. The molecule has 0 unspecified atom stereocenters. The molecule has 1 saturated heterocycles. The molecule has 270 valence electrons. The summed E-state index contributed by atoms with van der Waals surface area (Å²) in [5.41, 5.74) is -1.83. The topological polar surface area (TPSA) is 148 Å². The van der Waals surface area contributed by atoms with Crippen LogP contribution in [-0.4, -0.2) is 82.0 Å². The monoisotopic (exact) mass is 731 g/mol. The molecule has 4 rings (SSSR count). The van der Waals surface area contributed by atoms with Gasteiger partial charge in [-0.3, -0.25) is 29.1 Å². The Morgan fingerprint density at radius 2 is 1.80 bits per heavy atom. The fraction of sp³-hybridized carbons (Fsp3) is 0.382. The Bertz CT molecular complexity index is 1810. The van der Waals surface area contributed by atoms with Crippen LogP contribution in [-0.2, 0) is 19.1 Å². The van der Waals surface area contributed by atoms with E-state index in [1.165, 1.54) is 31.2 Å². The highest BCUT2D eigenvalue weighted by atomic mass is 35.5. The second-order valence-electron chi connectivity index (χ2n) is 12.8. The molecule has 1 N–H and O–H groups in total. The van der Waals surface area contributed by atoms with E-state index in [9.17, 15) is 37.2 Å². The molecule has 0 radical (unpaired) electrons. The molecule has 1 aliphatic carbocycles. The number of benzene rings is 2. The molecule has 2 atom stereocenters. The van der Waals surface area contributed by atoms with Crippen LogP contribution in [0.3, 0.4) is 0 Å². The van der Waals surface area contributed by atoms with Gasteiger partial charge in [0.2, 0.25) is 17.8 Å². The second-order valence-corrected chi connectivity index (χ2v) is 13.2. The maximum Gasteiger partial charge on any atom is 0.410 e. The van der Waals surface area contributed by atoms with Gasteiger partial charge >= 0.3 is 6.09 Å². The number of ether oxygens (including phenoxy) is 1. The van der Waals surface area contributed by atoms with E-state index < -0.39 is 103 Å². The van der Waals surface area contributed by atoms with Crippen LogP contribution in [0.25, 0.3) is 0 Å². The Morgan fingerprint density at radius 1 is 1.18 bits per heavy atom. The summed E-state index contributed by atoms with van der Waals surface area (Å²) in [4.78, 5) is 66.7. The number of halogens is 5. The van der Waals surface area contributed by atoms with Crippen LogP contribution in [0.1, 0.15) is 52.1 Å². The van der Waals surface area contributed by atoms with Gasteiger partial charge in [0, 0.05) is 41.7 Å². The van der Waals surface area contributed by atoms with E-state index in [2.05, 4.69) is 21.9 Å². The van der Waals surface area contributed by atoms with E-state index in [-0.39, 0.29) is 16.3 Å². The molecule has 2 aromatic rings. The Morgan fingerprint density at radius 3 is 2.35 bits per heavy atom. The molecule has 1 heterocycles. The summed E-state index contributed by atoms with van der Waals surface area (Å²) in [5, 5.41) is 11.8. The molecule has 0 bridgehead atoms. The first kappa shape index (κ1) is 38.5. The third kappa shape index (κ3) is 9.28. The number of anilines is 1. The number of rotatable bonds is 7. The summed E-state index contributed by atoms with van der Waals surface area (Å²) in [6.45, 7) is 8.23. The first-order valence-electron chi connectivity index (χ1n) is 15.5. The summed E-state index contributed by atoms with van der Waals surface area (Å²) in [6.07, 6.45) is -1.43. The van der Waals surface area contributed by atoms with E-state index in [0.717, 1.165) is 28.1 Å². The molecule has 0 aromatic heterocycles. The zero-order valence-corrected chi connectivity index (χ0v) is 28.8. The van der Waals surface area contributed by atoms with Gasteiger partial charge in [-0.15, -0.1) is 0 Å². The van der Waals surface area contributed by atoms with Crippen LogP contribution in [0.15, 0.2) is 65.2 Å². The number of aliphatic imine (C=N–C) groups is 2. The lowest BCUT2D eigenvalue weighted by atomic mass is 9.87. The van der Waals surface area contributed by atoms with Crippen molar-refractivity contribution in [2.75, 3.05) is 18.0 Å². The molecule has 0 spiro atoms. The van der Waals surface area contributed by atoms with Crippen molar-refractivity contribution in [3.05, 3.63) is 77.5 Å². The molecule has 2 fully saturated rings. The number of nitrogens with zero attached hydrogens (tertiary/aromatic N) is 6. The third-order valence-electron chi connectivity index (χ3n) is 7.59. The number of carbonyl (C=O) groups is 4. The van der Waals surface area contributed by atoms with Crippen LogP contribution in [0.5, 0.6) is 0 Å². The minimum Gasteiger partial charge on any atom is -0.444 e. The van der Waals surface area contributed by atoms with Gasteiger partial charge in [-0.25, -0.2) is 32.3 Å². The lowest BCUT2D eigenvalue weighted by Gasteiger charge is -2.43. The van der Waals surface area contributed by atoms with Gasteiger partial charge in [-0.05, 0) is 45.9 Å². The molecular formula is C34H34ClF4N7O5. The van der Waals surface area contributed by atoms with E-state index in [1.54, 1.807) is 26.8 Å². The van der Waals surface area contributed by atoms with E-state index in [0.29, 0.717) is 11.0 Å². The molecule has 4 amide bonds. The van der Waals surface area contributed by atoms with Crippen molar-refractivity contribution in [3.63, 3.8) is 0 Å². The number of guanidine groups is 1. The van der Waals surface area contributed by atoms with Gasteiger partial charge in [0.25, 0.3) is 11.8 Å². The predicted molar refractivity (Wildman–Crippen MR) is 179 cm³/mol. The van der Waals surface area contributed by atoms with Crippen molar-refractivity contribution < 1.29 is 41.5 Å². The zero-order valence-electron chi connectivity index (χ0n) is 28.0. The van der Waals surface area contributed by atoms with Crippen molar-refractivity contribution in [2.24, 2.45) is 9.98 Å². The number of amides is 4. The van der Waals surface area contributed by atoms with Crippen molar-refractivity contribution in [3.8, 4) is 6.07 Å². The van der Waals surface area contributed by atoms with E-state index in [4.69, 9.17) is 16.3 Å². The van der Waals surface area contributed by atoms with Crippen LogP contribution >= 0.6 is 11.6 Å². The average molecular weight is 732 g/mol. The summed E-state index contributed by atoms with van der Waals surface area (Å²) >= 11 is 6.52. The molecule has 12 nitrogen and oxygen atoms in total. The first-order chi connectivity index (χ1) is 23.8. The van der Waals surface area contributed by atoms with Crippen LogP contribution in [0.2, 0.25) is 5.02 Å². The van der Waals surface area contributed by atoms with Gasteiger partial charge in [0.05, 0.1) is 12.2 Å². The van der Waals surface area contributed by atoms with Crippen molar-refractivity contribution in [1.82, 2.24) is 15.1 Å². The van der Waals surface area contributed by atoms with E-state index in [1.807, 2.05) is 0 Å². The minimum atomic E-state index is -3.05. The van der Waals surface area contributed by atoms with Gasteiger partial charge in [0.15, 0.2) is 0 Å². The molecule has 51 heavy (non-hydrogen) atoms. The molecule has 2 aromatic carbocycles. The largest absolute Gasteiger partial charge is 0.444 e. The summed E-state index contributed by atoms with van der Waals surface area (Å²) in [7, 11) is 0. The van der Waals surface area contributed by atoms with Crippen molar-refractivity contribution in [2.45, 2.75) is 70.2 Å². The normalized spacial score (nSPS) is 18.7. The summed E-state index contributed by atoms with van der Waals surface area (Å²) in [6, 6.07) is 4.72. The minimum absolute atomic E-state index is 0.0724. The lowest BCUT2D eigenvalue weighted by molar-refractivity contribution is -0.141. The Labute approximate surface area is 296 Å². The highest BCUT2D eigenvalue weighted by molar-refractivity contribution is 6.31. The average Bonchev–Trinajstić information content (AvgIpc) is 3.00. The molecule has 17 heteroatoms. The predicted octanol–water partition coefficient (Wildman–Crippen LogP) is 5.54. The van der Waals surface area contributed by atoms with Crippen LogP contribution in [0.4, 0.5) is 28.0 Å². The summed E-state index contributed by atoms with van der Waals surface area (Å²) in [5.74, 6) is -9.06. The maximum atomic E-state index is 15.1. The lowest BCUT2D eigenvalue weighted by Crippen LogP contribution is -2.65. The number of carbonyl (C=O) groups excluding carboxylic acids is 4. The first-order valence-corrected chi connectivity index (χ1v) is 15.9. The Balaban J connectivity index is 1.96. The van der Waals surface area contributed by atoms with Crippen molar-refractivity contribution >= 4 is 52.8 Å². The number of hydrogen-bond donors (Lipinski definition) is 1. The van der Waals surface area contributed by atoms with E-state index >= 15 is 4.79 Å². The van der Waals surface area contributed by atoms with Gasteiger partial charge in [-0.1, -0.05) is 36.4 Å². The van der Waals surface area contributed by atoms with Gasteiger partial charge in [-0.2, -0.15) is 5.26 Å². The fourth-order valence-electron chi connectivity index (χ4n) is 5.46. The number of piperazine rings is 1. The number of hydrogen-bond acceptors (Lipinski definition) is 7.